The average molecular weight is 298 g/mol. The number of nitrogens with two attached hydrogens (primary N) is 1. The van der Waals surface area contributed by atoms with Gasteiger partial charge in [-0.3, -0.25) is 4.79 Å². The van der Waals surface area contributed by atoms with Crippen LogP contribution in [-0.2, 0) is 0 Å². The molecule has 0 aliphatic carbocycles. The predicted molar refractivity (Wildman–Crippen MR) is 71.5 cm³/mol. The second-order valence-corrected chi connectivity index (χ2v) is 5.42. The number of rotatable bonds is 4. The highest BCUT2D eigenvalue weighted by molar-refractivity contribution is 7.13. The molecule has 7 nitrogen and oxygen atoms in total. The van der Waals surface area contributed by atoms with E-state index >= 15 is 0 Å². The van der Waals surface area contributed by atoms with E-state index in [0.29, 0.717) is 10.1 Å². The normalized spacial score (nSPS) is 12.1. The molecule has 0 aliphatic rings. The second kappa shape index (κ2) is 5.33. The largest absolute Gasteiger partial charge is 0.476 e. The van der Waals surface area contributed by atoms with E-state index in [0.717, 1.165) is 0 Å². The van der Waals surface area contributed by atoms with E-state index in [1.807, 2.05) is 0 Å². The Kier molecular flexibility index (Phi) is 3.76. The van der Waals surface area contributed by atoms with Gasteiger partial charge in [0, 0.05) is 10.8 Å². The molecule has 0 aromatic carbocycles. The maximum atomic E-state index is 11.8. The number of hydrogen-bond donors (Lipinski definition) is 3. The van der Waals surface area contributed by atoms with Crippen molar-refractivity contribution >= 4 is 39.7 Å². The van der Waals surface area contributed by atoms with Gasteiger partial charge in [0.2, 0.25) is 0 Å². The summed E-state index contributed by atoms with van der Waals surface area (Å²) in [5.74, 6) is -1.46. The Balaban J connectivity index is 2.05. The topological polar surface area (TPSA) is 118 Å². The average Bonchev–Trinajstić information content (AvgIpc) is 2.96. The van der Waals surface area contributed by atoms with Crippen molar-refractivity contribution in [1.82, 2.24) is 15.3 Å². The monoisotopic (exact) mass is 298 g/mol. The van der Waals surface area contributed by atoms with Crippen LogP contribution in [0.4, 0.5) is 5.13 Å². The summed E-state index contributed by atoms with van der Waals surface area (Å²) in [6, 6.07) is -0.395. The van der Waals surface area contributed by atoms with Gasteiger partial charge in [-0.2, -0.15) is 0 Å². The number of carboxylic acids is 1. The van der Waals surface area contributed by atoms with Crippen LogP contribution in [0.15, 0.2) is 10.8 Å². The zero-order valence-corrected chi connectivity index (χ0v) is 11.4. The fraction of sp³-hybridized carbons (Fsp3) is 0.200. The maximum absolute atomic E-state index is 11.8. The zero-order valence-electron chi connectivity index (χ0n) is 9.78. The number of amides is 1. The van der Waals surface area contributed by atoms with Crippen molar-refractivity contribution in [2.75, 3.05) is 5.73 Å². The Labute approximate surface area is 116 Å². The number of hydrogen-bond acceptors (Lipinski definition) is 7. The molecule has 0 aliphatic heterocycles. The standard InChI is InChI=1S/C10H10N4O3S2/c1-4(8-13-6(3-18-8)9(16)17)12-7(15)5-2-19-10(11)14-5/h2-4H,1H3,(H2,11,14)(H,12,15)(H,16,17). The molecule has 100 valence electrons. The van der Waals surface area contributed by atoms with Gasteiger partial charge in [0.1, 0.15) is 10.7 Å². The number of nitrogen functional groups attached to an aromatic ring is 1. The molecule has 1 amide bonds. The van der Waals surface area contributed by atoms with E-state index in [4.69, 9.17) is 10.8 Å². The van der Waals surface area contributed by atoms with E-state index in [2.05, 4.69) is 15.3 Å². The van der Waals surface area contributed by atoms with E-state index < -0.39 is 12.0 Å². The van der Waals surface area contributed by atoms with E-state index in [1.165, 1.54) is 28.1 Å². The van der Waals surface area contributed by atoms with Gasteiger partial charge in [0.25, 0.3) is 5.91 Å². The maximum Gasteiger partial charge on any atom is 0.355 e. The van der Waals surface area contributed by atoms with E-state index in [1.54, 1.807) is 12.3 Å². The number of aromatic carboxylic acids is 1. The summed E-state index contributed by atoms with van der Waals surface area (Å²) in [5, 5.41) is 15.3. The third-order valence-corrected chi connectivity index (χ3v) is 3.92. The van der Waals surface area contributed by atoms with Gasteiger partial charge in [0.05, 0.1) is 6.04 Å². The summed E-state index contributed by atoms with van der Waals surface area (Å²) >= 11 is 2.36. The lowest BCUT2D eigenvalue weighted by molar-refractivity contribution is 0.0691. The highest BCUT2D eigenvalue weighted by atomic mass is 32.1. The number of aromatic nitrogens is 2. The number of carbonyl (C=O) groups is 2. The first kappa shape index (κ1) is 13.4. The van der Waals surface area contributed by atoms with Crippen molar-refractivity contribution in [1.29, 1.82) is 0 Å². The van der Waals surface area contributed by atoms with Gasteiger partial charge in [-0.1, -0.05) is 0 Å². The number of carboxylic acid groups (broad SMARTS) is 1. The van der Waals surface area contributed by atoms with Crippen LogP contribution < -0.4 is 11.1 Å². The van der Waals surface area contributed by atoms with Crippen LogP contribution in [0.2, 0.25) is 0 Å². The molecule has 19 heavy (non-hydrogen) atoms. The lowest BCUT2D eigenvalue weighted by atomic mass is 10.3. The van der Waals surface area contributed by atoms with Crippen molar-refractivity contribution < 1.29 is 14.7 Å². The number of anilines is 1. The Morgan fingerprint density at radius 2 is 2.00 bits per heavy atom. The van der Waals surface area contributed by atoms with Gasteiger partial charge in [0.15, 0.2) is 10.8 Å². The predicted octanol–water partition coefficient (Wildman–Crippen LogP) is 1.37. The molecular formula is C10H10N4O3S2. The number of thiazole rings is 2. The number of nitrogens with one attached hydrogen (secondary N) is 1. The Morgan fingerprint density at radius 3 is 2.53 bits per heavy atom. The van der Waals surface area contributed by atoms with Crippen molar-refractivity contribution in [2.24, 2.45) is 0 Å². The molecule has 0 fully saturated rings. The second-order valence-electron chi connectivity index (χ2n) is 3.64. The molecule has 0 spiro atoms. The van der Waals surface area contributed by atoms with Gasteiger partial charge in [-0.05, 0) is 6.92 Å². The molecular weight excluding hydrogens is 288 g/mol. The van der Waals surface area contributed by atoms with E-state index in [9.17, 15) is 9.59 Å². The molecule has 2 aromatic heterocycles. The number of carbonyl (C=O) groups excluding carboxylic acids is 1. The fourth-order valence-electron chi connectivity index (χ4n) is 1.31. The highest BCUT2D eigenvalue weighted by Gasteiger charge is 2.18. The molecule has 2 heterocycles. The summed E-state index contributed by atoms with van der Waals surface area (Å²) in [5.41, 5.74) is 5.66. The van der Waals surface area contributed by atoms with Gasteiger partial charge in [-0.15, -0.1) is 22.7 Å². The molecule has 4 N–H and O–H groups in total. The van der Waals surface area contributed by atoms with Crippen LogP contribution in [0.1, 0.15) is 39.0 Å². The van der Waals surface area contributed by atoms with Crippen molar-refractivity contribution in [2.45, 2.75) is 13.0 Å². The first-order valence-corrected chi connectivity index (χ1v) is 6.94. The first-order chi connectivity index (χ1) is 8.97. The fourth-order valence-corrected chi connectivity index (χ4v) is 2.65. The molecule has 0 saturated heterocycles. The van der Waals surface area contributed by atoms with Crippen molar-refractivity contribution in [3.8, 4) is 0 Å². The minimum absolute atomic E-state index is 0.0287. The van der Waals surface area contributed by atoms with Crippen molar-refractivity contribution in [3.63, 3.8) is 0 Å². The SMILES string of the molecule is CC(NC(=O)c1csc(N)n1)c1nc(C(=O)O)cs1. The van der Waals surface area contributed by atoms with Gasteiger partial charge < -0.3 is 16.2 Å². The molecule has 9 heteroatoms. The first-order valence-electron chi connectivity index (χ1n) is 5.18. The third kappa shape index (κ3) is 3.06. The summed E-state index contributed by atoms with van der Waals surface area (Å²) < 4.78 is 0. The Morgan fingerprint density at radius 1 is 1.32 bits per heavy atom. The molecule has 0 saturated carbocycles. The van der Waals surface area contributed by atoms with Crippen LogP contribution >= 0.6 is 22.7 Å². The van der Waals surface area contributed by atoms with E-state index in [-0.39, 0.29) is 17.3 Å². The molecule has 0 bridgehead atoms. The van der Waals surface area contributed by atoms with Crippen molar-refractivity contribution in [3.05, 3.63) is 27.2 Å². The minimum Gasteiger partial charge on any atom is -0.476 e. The highest BCUT2D eigenvalue weighted by Crippen LogP contribution is 2.19. The molecule has 2 rings (SSSR count). The lowest BCUT2D eigenvalue weighted by Gasteiger charge is -2.09. The smallest absolute Gasteiger partial charge is 0.355 e. The lowest BCUT2D eigenvalue weighted by Crippen LogP contribution is -2.27. The van der Waals surface area contributed by atoms with Gasteiger partial charge >= 0.3 is 5.97 Å². The molecule has 1 unspecified atom stereocenters. The van der Waals surface area contributed by atoms with Crippen LogP contribution in [0.3, 0.4) is 0 Å². The van der Waals surface area contributed by atoms with Gasteiger partial charge in [-0.25, -0.2) is 14.8 Å². The van der Waals surface area contributed by atoms with Crippen LogP contribution in [0.25, 0.3) is 0 Å². The summed E-state index contributed by atoms with van der Waals surface area (Å²) in [7, 11) is 0. The number of nitrogens with zero attached hydrogens (tertiary/aromatic N) is 2. The van der Waals surface area contributed by atoms with Crippen LogP contribution in [0, 0.1) is 0 Å². The quantitative estimate of drug-likeness (QED) is 0.784. The Hall–Kier alpha value is -2.00. The zero-order chi connectivity index (χ0) is 14.0. The third-order valence-electron chi connectivity index (χ3n) is 2.21. The molecule has 1 atom stereocenters. The molecule has 0 radical (unpaired) electrons. The van der Waals surface area contributed by atoms with Crippen LogP contribution in [0.5, 0.6) is 0 Å². The summed E-state index contributed by atoms with van der Waals surface area (Å²) in [6.45, 7) is 1.72. The molecule has 2 aromatic rings. The summed E-state index contributed by atoms with van der Waals surface area (Å²) in [4.78, 5) is 30.3. The summed E-state index contributed by atoms with van der Waals surface area (Å²) in [6.07, 6.45) is 0. The minimum atomic E-state index is -1.09. The Bertz CT molecular complexity index is 622. The van der Waals surface area contributed by atoms with Crippen LogP contribution in [-0.4, -0.2) is 27.0 Å².